The molecule has 1 aliphatic rings. The Bertz CT molecular complexity index is 452. The highest BCUT2D eigenvalue weighted by Gasteiger charge is 2.25. The van der Waals surface area contributed by atoms with Gasteiger partial charge in [0, 0.05) is 17.6 Å². The second kappa shape index (κ2) is 5.69. The lowest BCUT2D eigenvalue weighted by Crippen LogP contribution is -2.46. The number of aliphatic hydroxyl groups is 1. The van der Waals surface area contributed by atoms with Crippen molar-refractivity contribution in [3.05, 3.63) is 28.2 Å². The molecule has 1 unspecified atom stereocenters. The predicted molar refractivity (Wildman–Crippen MR) is 68.5 cm³/mol. The summed E-state index contributed by atoms with van der Waals surface area (Å²) in [6.07, 6.45) is -0.347. The summed E-state index contributed by atoms with van der Waals surface area (Å²) in [5, 5.41) is 18.8. The Hall–Kier alpha value is -1.11. The van der Waals surface area contributed by atoms with Gasteiger partial charge in [-0.15, -0.1) is 0 Å². The number of phenols is 1. The van der Waals surface area contributed by atoms with Crippen molar-refractivity contribution in [2.45, 2.75) is 6.10 Å². The summed E-state index contributed by atoms with van der Waals surface area (Å²) in [4.78, 5) is 13.8. The first-order valence-corrected chi connectivity index (χ1v) is 6.41. The lowest BCUT2D eigenvalue weighted by molar-refractivity contribution is -0.0447. The first-order chi connectivity index (χ1) is 8.61. The van der Waals surface area contributed by atoms with Crippen molar-refractivity contribution in [3.8, 4) is 5.75 Å². The van der Waals surface area contributed by atoms with Gasteiger partial charge in [0.05, 0.1) is 24.9 Å². The Balaban J connectivity index is 2.15. The number of ether oxygens (including phenoxy) is 1. The Morgan fingerprint density at radius 3 is 3.00 bits per heavy atom. The van der Waals surface area contributed by atoms with Gasteiger partial charge in [-0.3, -0.25) is 4.79 Å². The molecule has 98 valence electrons. The molecule has 6 heteroatoms. The standard InChI is InChI=1S/C12H14BrNO4/c13-8-1-2-10(11(16)5-8)12(17)14-3-4-18-9(6-14)7-15/h1-2,5,9,15-16H,3-4,6-7H2. The van der Waals surface area contributed by atoms with Gasteiger partial charge < -0.3 is 19.8 Å². The molecule has 1 fully saturated rings. The Kier molecular flexibility index (Phi) is 4.21. The van der Waals surface area contributed by atoms with E-state index in [2.05, 4.69) is 15.9 Å². The molecule has 1 atom stereocenters. The van der Waals surface area contributed by atoms with E-state index in [1.54, 1.807) is 17.0 Å². The third-order valence-corrected chi connectivity index (χ3v) is 3.31. The molecule has 2 rings (SSSR count). The van der Waals surface area contributed by atoms with Gasteiger partial charge in [-0.25, -0.2) is 0 Å². The molecule has 0 bridgehead atoms. The van der Waals surface area contributed by atoms with Crippen LogP contribution < -0.4 is 0 Å². The van der Waals surface area contributed by atoms with Crippen LogP contribution in [0.15, 0.2) is 22.7 Å². The number of rotatable bonds is 2. The van der Waals surface area contributed by atoms with Gasteiger partial charge >= 0.3 is 0 Å². The lowest BCUT2D eigenvalue weighted by atomic mass is 10.1. The molecule has 0 saturated carbocycles. The lowest BCUT2D eigenvalue weighted by Gasteiger charge is -2.32. The van der Waals surface area contributed by atoms with Crippen LogP contribution in [-0.4, -0.2) is 53.4 Å². The second-order valence-corrected chi connectivity index (χ2v) is 5.00. The van der Waals surface area contributed by atoms with Gasteiger partial charge in [0.15, 0.2) is 0 Å². The monoisotopic (exact) mass is 315 g/mol. The molecule has 1 aromatic carbocycles. The van der Waals surface area contributed by atoms with Gasteiger partial charge in [0.1, 0.15) is 5.75 Å². The van der Waals surface area contributed by atoms with Crippen LogP contribution in [0.2, 0.25) is 0 Å². The van der Waals surface area contributed by atoms with E-state index in [1.807, 2.05) is 0 Å². The summed E-state index contributed by atoms with van der Waals surface area (Å²) in [6.45, 7) is 1.08. The number of amides is 1. The fourth-order valence-electron chi connectivity index (χ4n) is 1.87. The molecule has 1 amide bonds. The van der Waals surface area contributed by atoms with Crippen LogP contribution in [0.1, 0.15) is 10.4 Å². The minimum absolute atomic E-state index is 0.0542. The molecular weight excluding hydrogens is 302 g/mol. The average Bonchev–Trinajstić information content (AvgIpc) is 2.38. The molecule has 0 spiro atoms. The van der Waals surface area contributed by atoms with Crippen LogP contribution in [0.4, 0.5) is 0 Å². The highest BCUT2D eigenvalue weighted by atomic mass is 79.9. The largest absolute Gasteiger partial charge is 0.507 e. The quantitative estimate of drug-likeness (QED) is 0.854. The summed E-state index contributed by atoms with van der Waals surface area (Å²) < 4.78 is 5.99. The maximum atomic E-state index is 12.2. The van der Waals surface area contributed by atoms with Gasteiger partial charge in [-0.2, -0.15) is 0 Å². The van der Waals surface area contributed by atoms with E-state index in [9.17, 15) is 9.90 Å². The number of hydrogen-bond donors (Lipinski definition) is 2. The van der Waals surface area contributed by atoms with Crippen molar-refractivity contribution in [1.82, 2.24) is 4.90 Å². The third kappa shape index (κ3) is 2.82. The summed E-state index contributed by atoms with van der Waals surface area (Å²) in [7, 11) is 0. The van der Waals surface area contributed by atoms with Crippen LogP contribution in [0.25, 0.3) is 0 Å². The Labute approximate surface area is 113 Å². The molecule has 1 saturated heterocycles. The minimum Gasteiger partial charge on any atom is -0.507 e. The van der Waals surface area contributed by atoms with Crippen molar-refractivity contribution in [1.29, 1.82) is 0 Å². The first kappa shape index (κ1) is 13.3. The van der Waals surface area contributed by atoms with Crippen LogP contribution in [0.3, 0.4) is 0 Å². The van der Waals surface area contributed by atoms with Crippen LogP contribution in [0, 0.1) is 0 Å². The fourth-order valence-corrected chi connectivity index (χ4v) is 2.22. The van der Waals surface area contributed by atoms with Gasteiger partial charge in [-0.1, -0.05) is 15.9 Å². The Morgan fingerprint density at radius 1 is 1.56 bits per heavy atom. The van der Waals surface area contributed by atoms with Crippen molar-refractivity contribution >= 4 is 21.8 Å². The highest BCUT2D eigenvalue weighted by molar-refractivity contribution is 9.10. The number of phenolic OH excluding ortho intramolecular Hbond substituents is 1. The fraction of sp³-hybridized carbons (Fsp3) is 0.417. The molecule has 1 aromatic rings. The number of halogens is 1. The van der Waals surface area contributed by atoms with E-state index in [4.69, 9.17) is 9.84 Å². The minimum atomic E-state index is -0.347. The average molecular weight is 316 g/mol. The maximum absolute atomic E-state index is 12.2. The van der Waals surface area contributed by atoms with E-state index in [0.717, 1.165) is 0 Å². The second-order valence-electron chi connectivity index (χ2n) is 4.09. The molecule has 0 aromatic heterocycles. The molecule has 0 aliphatic carbocycles. The SMILES string of the molecule is O=C(c1ccc(Br)cc1O)N1CCOC(CO)C1. The molecule has 18 heavy (non-hydrogen) atoms. The number of aliphatic hydroxyl groups excluding tert-OH is 1. The summed E-state index contributed by atoms with van der Waals surface area (Å²) in [5.74, 6) is -0.303. The maximum Gasteiger partial charge on any atom is 0.257 e. The third-order valence-electron chi connectivity index (χ3n) is 2.82. The van der Waals surface area contributed by atoms with E-state index in [0.29, 0.717) is 24.2 Å². The number of carbonyl (C=O) groups is 1. The zero-order valence-electron chi connectivity index (χ0n) is 9.67. The van der Waals surface area contributed by atoms with Gasteiger partial charge in [-0.05, 0) is 18.2 Å². The summed E-state index contributed by atoms with van der Waals surface area (Å²) in [5.41, 5.74) is 0.261. The van der Waals surface area contributed by atoms with Crippen molar-refractivity contribution in [2.24, 2.45) is 0 Å². The number of benzene rings is 1. The number of aromatic hydroxyl groups is 1. The zero-order chi connectivity index (χ0) is 13.1. The van der Waals surface area contributed by atoms with Gasteiger partial charge in [0.2, 0.25) is 0 Å². The number of nitrogens with zero attached hydrogens (tertiary/aromatic N) is 1. The number of morpholine rings is 1. The van der Waals surface area contributed by atoms with E-state index >= 15 is 0 Å². The van der Waals surface area contributed by atoms with Crippen molar-refractivity contribution in [3.63, 3.8) is 0 Å². The van der Waals surface area contributed by atoms with Crippen LogP contribution in [0.5, 0.6) is 5.75 Å². The molecular formula is C12H14BrNO4. The van der Waals surface area contributed by atoms with E-state index in [-0.39, 0.29) is 29.9 Å². The summed E-state index contributed by atoms with van der Waals surface area (Å²) >= 11 is 3.22. The van der Waals surface area contributed by atoms with E-state index in [1.165, 1.54) is 6.07 Å². The van der Waals surface area contributed by atoms with Crippen LogP contribution >= 0.6 is 15.9 Å². The van der Waals surface area contributed by atoms with Crippen molar-refractivity contribution in [2.75, 3.05) is 26.3 Å². The molecule has 0 radical (unpaired) electrons. The Morgan fingerprint density at radius 2 is 2.33 bits per heavy atom. The first-order valence-electron chi connectivity index (χ1n) is 5.62. The molecule has 5 nitrogen and oxygen atoms in total. The van der Waals surface area contributed by atoms with Gasteiger partial charge in [0.25, 0.3) is 5.91 Å². The number of hydrogen-bond acceptors (Lipinski definition) is 4. The van der Waals surface area contributed by atoms with E-state index < -0.39 is 0 Å². The van der Waals surface area contributed by atoms with Crippen molar-refractivity contribution < 1.29 is 19.7 Å². The molecule has 1 aliphatic heterocycles. The zero-order valence-corrected chi connectivity index (χ0v) is 11.3. The predicted octanol–water partition coefficient (Wildman–Crippen LogP) is 0.988. The molecule has 1 heterocycles. The highest BCUT2D eigenvalue weighted by Crippen LogP contribution is 2.24. The normalized spacial score (nSPS) is 19.9. The smallest absolute Gasteiger partial charge is 0.257 e. The summed E-state index contributed by atoms with van der Waals surface area (Å²) in [6, 6.07) is 4.76. The van der Waals surface area contributed by atoms with Crippen LogP contribution in [-0.2, 0) is 4.74 Å². The molecule has 2 N–H and O–H groups in total. The topological polar surface area (TPSA) is 70.0 Å². The number of carbonyl (C=O) groups excluding carboxylic acids is 1.